The molecule has 0 saturated heterocycles. The van der Waals surface area contributed by atoms with E-state index < -0.39 is 11.9 Å². The Labute approximate surface area is 217 Å². The van der Waals surface area contributed by atoms with E-state index in [4.69, 9.17) is 11.5 Å². The number of hydrogen-bond donors (Lipinski definition) is 3. The summed E-state index contributed by atoms with van der Waals surface area (Å²) in [6.07, 6.45) is 1.70. The molecule has 7 heteroatoms. The molecule has 3 amide bonds. The number of rotatable bonds is 7. The van der Waals surface area contributed by atoms with Crippen LogP contribution in [0.2, 0.25) is 0 Å². The quantitative estimate of drug-likeness (QED) is 0.462. The number of nitrogens with zero attached hydrogens (tertiary/aromatic N) is 1. The van der Waals surface area contributed by atoms with E-state index in [-0.39, 0.29) is 17.9 Å². The molecule has 0 bridgehead atoms. The van der Waals surface area contributed by atoms with Crippen LogP contribution in [0.5, 0.6) is 0 Å². The van der Waals surface area contributed by atoms with Crippen molar-refractivity contribution >= 4 is 23.4 Å². The second-order valence-electron chi connectivity index (χ2n) is 9.84. The van der Waals surface area contributed by atoms with Crippen LogP contribution in [0.1, 0.15) is 63.1 Å². The van der Waals surface area contributed by atoms with Gasteiger partial charge in [0.1, 0.15) is 0 Å². The van der Waals surface area contributed by atoms with Crippen LogP contribution < -0.4 is 21.7 Å². The summed E-state index contributed by atoms with van der Waals surface area (Å²) in [6, 6.07) is 18.7. The number of carbonyl (C=O) groups excluding carboxylic acids is 3. The summed E-state index contributed by atoms with van der Waals surface area (Å²) >= 11 is 0. The van der Waals surface area contributed by atoms with Crippen molar-refractivity contribution in [2.45, 2.75) is 52.1 Å². The summed E-state index contributed by atoms with van der Waals surface area (Å²) in [7, 11) is 0. The van der Waals surface area contributed by atoms with Gasteiger partial charge in [0, 0.05) is 24.7 Å². The second kappa shape index (κ2) is 11.0. The molecular formula is C30H34N4O3. The SMILES string of the molecule is CC(=O)N1CCC(NC(=O)C(N)Cc2c(C)cc(C(N)=O)cc2C)c2cc(Cc3ccccc3)ccc21. The first-order valence-corrected chi connectivity index (χ1v) is 12.5. The number of fused-ring (bicyclic) bond motifs is 1. The Morgan fingerprint density at radius 3 is 2.30 bits per heavy atom. The van der Waals surface area contributed by atoms with E-state index in [0.29, 0.717) is 24.9 Å². The Hall–Kier alpha value is -3.97. The monoisotopic (exact) mass is 498 g/mol. The van der Waals surface area contributed by atoms with Crippen LogP contribution in [0, 0.1) is 13.8 Å². The predicted molar refractivity (Wildman–Crippen MR) is 145 cm³/mol. The highest BCUT2D eigenvalue weighted by Crippen LogP contribution is 2.35. The summed E-state index contributed by atoms with van der Waals surface area (Å²) in [5.41, 5.74) is 19.0. The lowest BCUT2D eigenvalue weighted by Crippen LogP contribution is -2.46. The maximum Gasteiger partial charge on any atom is 0.248 e. The summed E-state index contributed by atoms with van der Waals surface area (Å²) in [5.74, 6) is -0.760. The zero-order chi connectivity index (χ0) is 26.7. The van der Waals surface area contributed by atoms with Crippen molar-refractivity contribution in [3.05, 3.63) is 99.6 Å². The fraction of sp³-hybridized carbons (Fsp3) is 0.300. The second-order valence-corrected chi connectivity index (χ2v) is 9.84. The van der Waals surface area contributed by atoms with E-state index in [1.165, 1.54) is 5.56 Å². The Kier molecular flexibility index (Phi) is 7.74. The minimum absolute atomic E-state index is 0.0242. The average molecular weight is 499 g/mol. The highest BCUT2D eigenvalue weighted by atomic mass is 16.2. The molecule has 0 aliphatic carbocycles. The number of benzene rings is 3. The van der Waals surface area contributed by atoms with Gasteiger partial charge in [0.15, 0.2) is 0 Å². The predicted octanol–water partition coefficient (Wildman–Crippen LogP) is 3.48. The standard InChI is InChI=1S/C30H34N4O3/c1-18-13-23(29(32)36)14-19(2)24(18)17-26(31)30(37)33-27-11-12-34(20(3)35)28-10-9-22(16-25(27)28)15-21-7-5-4-6-8-21/h4-10,13-14,16,26-27H,11-12,15,17,31H2,1-3H3,(H2,32,36)(H,33,37). The van der Waals surface area contributed by atoms with Crippen LogP contribution in [0.15, 0.2) is 60.7 Å². The van der Waals surface area contributed by atoms with Gasteiger partial charge in [-0.2, -0.15) is 0 Å². The first kappa shape index (κ1) is 26.1. The summed E-state index contributed by atoms with van der Waals surface area (Å²) < 4.78 is 0. The molecule has 1 aliphatic rings. The Morgan fingerprint density at radius 1 is 1.00 bits per heavy atom. The molecule has 2 unspecified atom stereocenters. The molecule has 3 aromatic rings. The van der Waals surface area contributed by atoms with Crippen molar-refractivity contribution in [3.8, 4) is 0 Å². The van der Waals surface area contributed by atoms with Gasteiger partial charge in [-0.1, -0.05) is 42.5 Å². The number of anilines is 1. The van der Waals surface area contributed by atoms with Gasteiger partial charge in [0.25, 0.3) is 0 Å². The van der Waals surface area contributed by atoms with Crippen LogP contribution in [0.3, 0.4) is 0 Å². The van der Waals surface area contributed by atoms with Crippen molar-refractivity contribution in [2.75, 3.05) is 11.4 Å². The third-order valence-electron chi connectivity index (χ3n) is 7.09. The largest absolute Gasteiger partial charge is 0.366 e. The number of nitrogens with one attached hydrogen (secondary N) is 1. The van der Waals surface area contributed by atoms with Crippen LogP contribution in [0.4, 0.5) is 5.69 Å². The van der Waals surface area contributed by atoms with Gasteiger partial charge in [-0.15, -0.1) is 0 Å². The molecule has 1 aliphatic heterocycles. The zero-order valence-electron chi connectivity index (χ0n) is 21.6. The number of carbonyl (C=O) groups is 3. The molecule has 0 spiro atoms. The molecule has 37 heavy (non-hydrogen) atoms. The van der Waals surface area contributed by atoms with E-state index in [0.717, 1.165) is 39.9 Å². The fourth-order valence-electron chi connectivity index (χ4n) is 5.13. The smallest absolute Gasteiger partial charge is 0.248 e. The third kappa shape index (κ3) is 5.89. The molecule has 2 atom stereocenters. The Bertz CT molecular complexity index is 1310. The van der Waals surface area contributed by atoms with Crippen LogP contribution in [-0.2, 0) is 22.4 Å². The molecule has 192 valence electrons. The summed E-state index contributed by atoms with van der Waals surface area (Å²) in [4.78, 5) is 38.9. The highest BCUT2D eigenvalue weighted by molar-refractivity contribution is 5.94. The normalized spacial score (nSPS) is 15.6. The highest BCUT2D eigenvalue weighted by Gasteiger charge is 2.30. The molecular weight excluding hydrogens is 464 g/mol. The van der Waals surface area contributed by atoms with E-state index in [1.807, 2.05) is 44.2 Å². The van der Waals surface area contributed by atoms with E-state index in [9.17, 15) is 14.4 Å². The van der Waals surface area contributed by atoms with Crippen molar-refractivity contribution in [2.24, 2.45) is 11.5 Å². The van der Waals surface area contributed by atoms with Gasteiger partial charge < -0.3 is 21.7 Å². The maximum atomic E-state index is 13.2. The third-order valence-corrected chi connectivity index (χ3v) is 7.09. The lowest BCUT2D eigenvalue weighted by Gasteiger charge is -2.35. The van der Waals surface area contributed by atoms with Crippen LogP contribution >= 0.6 is 0 Å². The Balaban J connectivity index is 1.55. The van der Waals surface area contributed by atoms with Gasteiger partial charge in [-0.3, -0.25) is 14.4 Å². The molecule has 5 N–H and O–H groups in total. The van der Waals surface area contributed by atoms with Gasteiger partial charge in [-0.25, -0.2) is 0 Å². The van der Waals surface area contributed by atoms with E-state index >= 15 is 0 Å². The number of amides is 3. The molecule has 7 nitrogen and oxygen atoms in total. The van der Waals surface area contributed by atoms with Gasteiger partial charge in [0.05, 0.1) is 12.1 Å². The van der Waals surface area contributed by atoms with Gasteiger partial charge in [0.2, 0.25) is 17.7 Å². The van der Waals surface area contributed by atoms with E-state index in [1.54, 1.807) is 24.0 Å². The first-order chi connectivity index (χ1) is 17.6. The topological polar surface area (TPSA) is 119 Å². The Morgan fingerprint density at radius 2 is 1.68 bits per heavy atom. The maximum absolute atomic E-state index is 13.2. The van der Waals surface area contributed by atoms with Gasteiger partial charge in [-0.05, 0) is 84.7 Å². The first-order valence-electron chi connectivity index (χ1n) is 12.5. The molecule has 4 rings (SSSR count). The lowest BCUT2D eigenvalue weighted by molar-refractivity contribution is -0.123. The number of hydrogen-bond acceptors (Lipinski definition) is 4. The van der Waals surface area contributed by atoms with Crippen LogP contribution in [0.25, 0.3) is 0 Å². The van der Waals surface area contributed by atoms with Crippen molar-refractivity contribution in [3.63, 3.8) is 0 Å². The van der Waals surface area contributed by atoms with Crippen LogP contribution in [-0.4, -0.2) is 30.3 Å². The van der Waals surface area contributed by atoms with E-state index in [2.05, 4.69) is 23.5 Å². The molecule has 0 fully saturated rings. The summed E-state index contributed by atoms with van der Waals surface area (Å²) in [5, 5.41) is 3.14. The minimum Gasteiger partial charge on any atom is -0.366 e. The molecule has 0 aromatic heterocycles. The number of primary amides is 1. The molecule has 0 radical (unpaired) electrons. The number of aryl methyl sites for hydroxylation is 2. The molecule has 0 saturated carbocycles. The van der Waals surface area contributed by atoms with Crippen molar-refractivity contribution in [1.29, 1.82) is 0 Å². The average Bonchev–Trinajstić information content (AvgIpc) is 2.86. The van der Waals surface area contributed by atoms with Crippen molar-refractivity contribution < 1.29 is 14.4 Å². The molecule has 1 heterocycles. The number of nitrogens with two attached hydrogens (primary N) is 2. The molecule has 3 aromatic carbocycles. The zero-order valence-corrected chi connectivity index (χ0v) is 21.6. The lowest BCUT2D eigenvalue weighted by atomic mass is 9.91. The fourth-order valence-corrected chi connectivity index (χ4v) is 5.13. The minimum atomic E-state index is -0.765. The summed E-state index contributed by atoms with van der Waals surface area (Å²) in [6.45, 7) is 5.86. The van der Waals surface area contributed by atoms with Gasteiger partial charge >= 0.3 is 0 Å². The van der Waals surface area contributed by atoms with Crippen molar-refractivity contribution in [1.82, 2.24) is 5.32 Å².